The summed E-state index contributed by atoms with van der Waals surface area (Å²) in [5.74, 6) is 0.500. The Bertz CT molecular complexity index is 873. The molecule has 1 aliphatic rings. The number of furan rings is 1. The van der Waals surface area contributed by atoms with E-state index in [4.69, 9.17) is 4.42 Å². The maximum atomic E-state index is 12.5. The average molecular weight is 374 g/mol. The van der Waals surface area contributed by atoms with Gasteiger partial charge in [-0.2, -0.15) is 0 Å². The summed E-state index contributed by atoms with van der Waals surface area (Å²) in [4.78, 5) is 15.0. The number of nitrogens with one attached hydrogen (secondary N) is 1. The first-order valence-corrected chi connectivity index (χ1v) is 9.95. The predicted octanol–water partition coefficient (Wildman–Crippen LogP) is 4.59. The standard InChI is InChI=1S/C24H26N2O2/c27-24(23-10-8-22(9-11-23)21-6-2-1-3-7-21)25-15-19-5-4-13-26(16-19)17-20-12-14-28-18-20/h1-3,6-12,14,18-19H,4-5,13,15-17H2,(H,25,27)/t19-/m1/s1. The van der Waals surface area contributed by atoms with Crippen molar-refractivity contribution >= 4 is 5.91 Å². The lowest BCUT2D eigenvalue weighted by Gasteiger charge is -2.32. The molecular weight excluding hydrogens is 348 g/mol. The molecule has 3 aromatic rings. The fourth-order valence-electron chi connectivity index (χ4n) is 3.89. The molecule has 4 rings (SSSR count). The fraction of sp³-hybridized carbons (Fsp3) is 0.292. The molecule has 2 heterocycles. The predicted molar refractivity (Wildman–Crippen MR) is 111 cm³/mol. The molecule has 4 nitrogen and oxygen atoms in total. The van der Waals surface area contributed by atoms with Gasteiger partial charge in [-0.05, 0) is 54.6 Å². The van der Waals surface area contributed by atoms with Crippen LogP contribution in [0.25, 0.3) is 11.1 Å². The molecule has 0 unspecified atom stereocenters. The van der Waals surface area contributed by atoms with Gasteiger partial charge in [0.1, 0.15) is 0 Å². The van der Waals surface area contributed by atoms with Crippen LogP contribution >= 0.6 is 0 Å². The van der Waals surface area contributed by atoms with E-state index in [0.717, 1.165) is 43.7 Å². The van der Waals surface area contributed by atoms with E-state index in [1.807, 2.05) is 54.8 Å². The molecule has 1 atom stereocenters. The second kappa shape index (κ2) is 8.89. The summed E-state index contributed by atoms with van der Waals surface area (Å²) in [6.07, 6.45) is 5.86. The zero-order valence-electron chi connectivity index (χ0n) is 16.0. The third-order valence-electron chi connectivity index (χ3n) is 5.39. The van der Waals surface area contributed by atoms with Gasteiger partial charge in [0, 0.05) is 30.8 Å². The van der Waals surface area contributed by atoms with Crippen molar-refractivity contribution < 1.29 is 9.21 Å². The van der Waals surface area contributed by atoms with Crippen LogP contribution in [0.5, 0.6) is 0 Å². The number of hydrogen-bond acceptors (Lipinski definition) is 3. The molecule has 0 radical (unpaired) electrons. The van der Waals surface area contributed by atoms with Crippen LogP contribution in [0.4, 0.5) is 0 Å². The first kappa shape index (κ1) is 18.5. The van der Waals surface area contributed by atoms with Crippen molar-refractivity contribution in [1.82, 2.24) is 10.2 Å². The smallest absolute Gasteiger partial charge is 0.251 e. The Kier molecular flexibility index (Phi) is 5.88. The Morgan fingerprint density at radius 3 is 2.57 bits per heavy atom. The molecule has 0 aliphatic carbocycles. The summed E-state index contributed by atoms with van der Waals surface area (Å²) in [6, 6.07) is 20.1. The van der Waals surface area contributed by atoms with Crippen LogP contribution in [-0.4, -0.2) is 30.4 Å². The van der Waals surface area contributed by atoms with Gasteiger partial charge in [-0.15, -0.1) is 0 Å². The third kappa shape index (κ3) is 4.70. The largest absolute Gasteiger partial charge is 0.472 e. The molecule has 1 saturated heterocycles. The van der Waals surface area contributed by atoms with Gasteiger partial charge in [-0.25, -0.2) is 0 Å². The highest BCUT2D eigenvalue weighted by molar-refractivity contribution is 5.94. The first-order valence-electron chi connectivity index (χ1n) is 9.95. The normalized spacial score (nSPS) is 17.4. The summed E-state index contributed by atoms with van der Waals surface area (Å²) in [5, 5.41) is 3.12. The quantitative estimate of drug-likeness (QED) is 0.686. The van der Waals surface area contributed by atoms with Crippen molar-refractivity contribution in [1.29, 1.82) is 0 Å². The van der Waals surface area contributed by atoms with Crippen LogP contribution in [-0.2, 0) is 6.54 Å². The van der Waals surface area contributed by atoms with Gasteiger partial charge in [0.25, 0.3) is 5.91 Å². The number of carbonyl (C=O) groups is 1. The molecule has 1 fully saturated rings. The van der Waals surface area contributed by atoms with Crippen LogP contribution in [0.3, 0.4) is 0 Å². The van der Waals surface area contributed by atoms with Gasteiger partial charge in [-0.1, -0.05) is 42.5 Å². The number of nitrogens with zero attached hydrogens (tertiary/aromatic N) is 1. The highest BCUT2D eigenvalue weighted by Crippen LogP contribution is 2.20. The summed E-state index contributed by atoms with van der Waals surface area (Å²) in [7, 11) is 0. The van der Waals surface area contributed by atoms with Crippen molar-refractivity contribution in [2.75, 3.05) is 19.6 Å². The minimum absolute atomic E-state index is 0.00608. The van der Waals surface area contributed by atoms with E-state index in [1.54, 1.807) is 6.26 Å². The Labute approximate surface area is 166 Å². The van der Waals surface area contributed by atoms with Gasteiger partial charge in [0.15, 0.2) is 0 Å². The second-order valence-electron chi connectivity index (χ2n) is 7.53. The number of piperidine rings is 1. The van der Waals surface area contributed by atoms with Crippen LogP contribution in [0.15, 0.2) is 77.6 Å². The van der Waals surface area contributed by atoms with E-state index in [1.165, 1.54) is 12.0 Å². The zero-order chi connectivity index (χ0) is 19.2. The lowest BCUT2D eigenvalue weighted by molar-refractivity contribution is 0.0930. The molecule has 28 heavy (non-hydrogen) atoms. The molecule has 0 spiro atoms. The van der Waals surface area contributed by atoms with E-state index in [-0.39, 0.29) is 5.91 Å². The van der Waals surface area contributed by atoms with Crippen LogP contribution in [0.2, 0.25) is 0 Å². The summed E-state index contributed by atoms with van der Waals surface area (Å²) in [6.45, 7) is 3.76. The lowest BCUT2D eigenvalue weighted by Crippen LogP contribution is -2.40. The van der Waals surface area contributed by atoms with Crippen molar-refractivity contribution in [2.24, 2.45) is 5.92 Å². The molecule has 2 aromatic carbocycles. The topological polar surface area (TPSA) is 45.5 Å². The first-order chi connectivity index (χ1) is 13.8. The van der Waals surface area contributed by atoms with Crippen molar-refractivity contribution in [2.45, 2.75) is 19.4 Å². The summed E-state index contributed by atoms with van der Waals surface area (Å²) < 4.78 is 5.16. The molecular formula is C24H26N2O2. The molecule has 0 bridgehead atoms. The van der Waals surface area contributed by atoms with Crippen molar-refractivity contribution in [3.8, 4) is 11.1 Å². The maximum Gasteiger partial charge on any atom is 0.251 e. The van der Waals surface area contributed by atoms with Crippen molar-refractivity contribution in [3.63, 3.8) is 0 Å². The summed E-state index contributed by atoms with van der Waals surface area (Å²) >= 11 is 0. The van der Waals surface area contributed by atoms with Gasteiger partial charge in [0.2, 0.25) is 0 Å². The molecule has 1 aromatic heterocycles. The molecule has 1 amide bonds. The molecule has 1 N–H and O–H groups in total. The maximum absolute atomic E-state index is 12.5. The Balaban J connectivity index is 1.29. The van der Waals surface area contributed by atoms with E-state index in [0.29, 0.717) is 11.5 Å². The second-order valence-corrected chi connectivity index (χ2v) is 7.53. The SMILES string of the molecule is O=C(NC[C@H]1CCCN(Cc2ccoc2)C1)c1ccc(-c2ccccc2)cc1. The Hall–Kier alpha value is -2.85. The fourth-order valence-corrected chi connectivity index (χ4v) is 3.89. The van der Waals surface area contributed by atoms with Gasteiger partial charge in [-0.3, -0.25) is 9.69 Å². The number of rotatable bonds is 6. The van der Waals surface area contributed by atoms with Crippen LogP contribution in [0, 0.1) is 5.92 Å². The number of amides is 1. The minimum Gasteiger partial charge on any atom is -0.472 e. The molecule has 1 aliphatic heterocycles. The van der Waals surface area contributed by atoms with E-state index in [2.05, 4.69) is 22.3 Å². The van der Waals surface area contributed by atoms with E-state index in [9.17, 15) is 4.79 Å². The van der Waals surface area contributed by atoms with Crippen LogP contribution < -0.4 is 5.32 Å². The average Bonchev–Trinajstić information content (AvgIpc) is 3.26. The monoisotopic (exact) mass is 374 g/mol. The number of carbonyl (C=O) groups excluding carboxylic acids is 1. The third-order valence-corrected chi connectivity index (χ3v) is 5.39. The van der Waals surface area contributed by atoms with Gasteiger partial charge in [0.05, 0.1) is 12.5 Å². The number of hydrogen-bond donors (Lipinski definition) is 1. The highest BCUT2D eigenvalue weighted by atomic mass is 16.3. The Morgan fingerprint density at radius 1 is 1.04 bits per heavy atom. The minimum atomic E-state index is 0.00608. The molecule has 4 heteroatoms. The summed E-state index contributed by atoms with van der Waals surface area (Å²) in [5.41, 5.74) is 4.21. The lowest BCUT2D eigenvalue weighted by atomic mass is 9.97. The van der Waals surface area contributed by atoms with E-state index < -0.39 is 0 Å². The van der Waals surface area contributed by atoms with Crippen molar-refractivity contribution in [3.05, 3.63) is 84.3 Å². The zero-order valence-corrected chi connectivity index (χ0v) is 16.0. The molecule has 144 valence electrons. The highest BCUT2D eigenvalue weighted by Gasteiger charge is 2.21. The molecule has 0 saturated carbocycles. The Morgan fingerprint density at radius 2 is 1.82 bits per heavy atom. The van der Waals surface area contributed by atoms with Gasteiger partial charge < -0.3 is 9.73 Å². The number of likely N-dealkylation sites (tertiary alicyclic amines) is 1. The van der Waals surface area contributed by atoms with Crippen LogP contribution in [0.1, 0.15) is 28.8 Å². The number of benzene rings is 2. The van der Waals surface area contributed by atoms with E-state index >= 15 is 0 Å². The van der Waals surface area contributed by atoms with Gasteiger partial charge >= 0.3 is 0 Å².